The predicted molar refractivity (Wildman–Crippen MR) is 92.1 cm³/mol. The highest BCUT2D eigenvalue weighted by atomic mass is 32.2. The van der Waals surface area contributed by atoms with Crippen molar-refractivity contribution in [1.82, 2.24) is 24.5 Å². The summed E-state index contributed by atoms with van der Waals surface area (Å²) in [6.45, 7) is 3.77. The molecule has 0 amide bonds. The van der Waals surface area contributed by atoms with Gasteiger partial charge in [0.1, 0.15) is 10.0 Å². The Labute approximate surface area is 144 Å². The number of nitrogens with zero attached hydrogens (tertiary/aromatic N) is 4. The van der Waals surface area contributed by atoms with Gasteiger partial charge in [0.2, 0.25) is 10.0 Å². The van der Waals surface area contributed by atoms with Crippen molar-refractivity contribution in [3.8, 4) is 10.4 Å². The van der Waals surface area contributed by atoms with Gasteiger partial charge in [0.15, 0.2) is 0 Å². The molecule has 1 N–H and O–H groups in total. The molecule has 0 bridgehead atoms. The van der Waals surface area contributed by atoms with E-state index in [9.17, 15) is 8.42 Å². The third kappa shape index (κ3) is 3.69. The number of sulfonamides is 1. The molecular weight excluding hydrogens is 346 g/mol. The lowest BCUT2D eigenvalue weighted by molar-refractivity contribution is 0.581. The molecule has 3 rings (SSSR count). The molecule has 0 saturated carbocycles. The highest BCUT2D eigenvalue weighted by molar-refractivity contribution is 7.91. The maximum absolute atomic E-state index is 12.4. The maximum Gasteiger partial charge on any atom is 0.250 e. The zero-order valence-corrected chi connectivity index (χ0v) is 15.1. The molecule has 0 fully saturated rings. The van der Waals surface area contributed by atoms with Gasteiger partial charge in [0.05, 0.1) is 12.7 Å². The van der Waals surface area contributed by atoms with Crippen LogP contribution >= 0.6 is 11.3 Å². The van der Waals surface area contributed by atoms with Gasteiger partial charge in [-0.3, -0.25) is 4.68 Å². The SMILES string of the molecule is Cc1cc(C)nc(CNS(=O)(=O)c2ccc(-c3cnn(C)c3)s2)n1. The summed E-state index contributed by atoms with van der Waals surface area (Å²) in [5.74, 6) is 0.458. The molecule has 3 aromatic rings. The Balaban J connectivity index is 1.77. The first-order chi connectivity index (χ1) is 11.3. The van der Waals surface area contributed by atoms with Gasteiger partial charge in [-0.25, -0.2) is 23.1 Å². The third-order valence-electron chi connectivity index (χ3n) is 3.28. The predicted octanol–water partition coefficient (Wildman–Crippen LogP) is 2.03. The Morgan fingerprint density at radius 1 is 1.21 bits per heavy atom. The standard InChI is InChI=1S/C15H17N5O2S2/c1-10-6-11(2)19-14(18-10)8-17-24(21,22)15-5-4-13(23-15)12-7-16-20(3)9-12/h4-7,9,17H,8H2,1-3H3. The topological polar surface area (TPSA) is 89.8 Å². The first kappa shape index (κ1) is 16.7. The molecule has 24 heavy (non-hydrogen) atoms. The van der Waals surface area contributed by atoms with E-state index in [0.29, 0.717) is 5.82 Å². The molecule has 0 radical (unpaired) electrons. The molecule has 0 aromatic carbocycles. The summed E-state index contributed by atoms with van der Waals surface area (Å²) in [6, 6.07) is 5.22. The Kier molecular flexibility index (Phi) is 4.48. The average molecular weight is 363 g/mol. The van der Waals surface area contributed by atoms with Crippen LogP contribution in [0.1, 0.15) is 17.2 Å². The van der Waals surface area contributed by atoms with Crippen LogP contribution in [0, 0.1) is 13.8 Å². The summed E-state index contributed by atoms with van der Waals surface area (Å²) >= 11 is 1.20. The van der Waals surface area contributed by atoms with Gasteiger partial charge in [-0.2, -0.15) is 5.10 Å². The number of thiophene rings is 1. The van der Waals surface area contributed by atoms with Gasteiger partial charge < -0.3 is 0 Å². The minimum Gasteiger partial charge on any atom is -0.275 e. The second-order valence-corrected chi connectivity index (χ2v) is 8.49. The quantitative estimate of drug-likeness (QED) is 0.749. The van der Waals surface area contributed by atoms with Crippen LogP contribution in [0.4, 0.5) is 0 Å². The number of hydrogen-bond donors (Lipinski definition) is 1. The van der Waals surface area contributed by atoms with E-state index < -0.39 is 10.0 Å². The van der Waals surface area contributed by atoms with Crippen molar-refractivity contribution >= 4 is 21.4 Å². The molecule has 0 aliphatic carbocycles. The fraction of sp³-hybridized carbons (Fsp3) is 0.267. The average Bonchev–Trinajstić information content (AvgIpc) is 3.13. The summed E-state index contributed by atoms with van der Waals surface area (Å²) in [4.78, 5) is 9.33. The van der Waals surface area contributed by atoms with Gasteiger partial charge in [-0.15, -0.1) is 11.3 Å². The van der Waals surface area contributed by atoms with Crippen LogP contribution in [0.25, 0.3) is 10.4 Å². The van der Waals surface area contributed by atoms with Crippen LogP contribution in [-0.4, -0.2) is 28.2 Å². The molecule has 3 aromatic heterocycles. The Hall–Kier alpha value is -2.10. The van der Waals surface area contributed by atoms with Gasteiger partial charge in [0.25, 0.3) is 0 Å². The van der Waals surface area contributed by atoms with Crippen molar-refractivity contribution in [2.24, 2.45) is 7.05 Å². The lowest BCUT2D eigenvalue weighted by Gasteiger charge is -2.05. The number of aryl methyl sites for hydroxylation is 3. The Bertz CT molecular complexity index is 955. The molecule has 7 nitrogen and oxygen atoms in total. The molecule has 3 heterocycles. The monoisotopic (exact) mass is 363 g/mol. The largest absolute Gasteiger partial charge is 0.275 e. The van der Waals surface area contributed by atoms with Gasteiger partial charge in [-0.1, -0.05) is 0 Å². The Morgan fingerprint density at radius 3 is 2.54 bits per heavy atom. The van der Waals surface area contributed by atoms with Crippen molar-refractivity contribution in [1.29, 1.82) is 0 Å². The molecule has 0 atom stereocenters. The molecule has 0 saturated heterocycles. The van der Waals surface area contributed by atoms with Crippen LogP contribution in [0.5, 0.6) is 0 Å². The van der Waals surface area contributed by atoms with Crippen LogP contribution < -0.4 is 4.72 Å². The van der Waals surface area contributed by atoms with Crippen molar-refractivity contribution in [2.45, 2.75) is 24.6 Å². The molecule has 0 spiro atoms. The number of nitrogens with one attached hydrogen (secondary N) is 1. The van der Waals surface area contributed by atoms with E-state index >= 15 is 0 Å². The maximum atomic E-state index is 12.4. The second-order valence-electron chi connectivity index (χ2n) is 5.41. The van der Waals surface area contributed by atoms with Crippen molar-refractivity contribution in [3.05, 3.63) is 47.8 Å². The molecule has 0 unspecified atom stereocenters. The number of aromatic nitrogens is 4. The number of hydrogen-bond acceptors (Lipinski definition) is 6. The minimum atomic E-state index is -3.60. The number of rotatable bonds is 5. The van der Waals surface area contributed by atoms with E-state index in [1.165, 1.54) is 11.3 Å². The van der Waals surface area contributed by atoms with Crippen molar-refractivity contribution < 1.29 is 8.42 Å². The second kappa shape index (κ2) is 6.42. The molecule has 0 aliphatic heterocycles. The zero-order chi connectivity index (χ0) is 17.3. The lowest BCUT2D eigenvalue weighted by Crippen LogP contribution is -2.23. The third-order valence-corrected chi connectivity index (χ3v) is 6.31. The van der Waals surface area contributed by atoms with Crippen molar-refractivity contribution in [3.63, 3.8) is 0 Å². The summed E-state index contributed by atoms with van der Waals surface area (Å²) in [5.41, 5.74) is 2.51. The minimum absolute atomic E-state index is 0.0605. The zero-order valence-electron chi connectivity index (χ0n) is 13.5. The normalized spacial score (nSPS) is 11.8. The first-order valence-electron chi connectivity index (χ1n) is 7.23. The summed E-state index contributed by atoms with van der Waals surface area (Å²) in [5, 5.41) is 4.10. The molecule has 9 heteroatoms. The Morgan fingerprint density at radius 2 is 1.92 bits per heavy atom. The summed E-state index contributed by atoms with van der Waals surface area (Å²) in [7, 11) is -1.78. The van der Waals surface area contributed by atoms with Crippen molar-refractivity contribution in [2.75, 3.05) is 0 Å². The van der Waals surface area contributed by atoms with Crippen LogP contribution in [-0.2, 0) is 23.6 Å². The summed E-state index contributed by atoms with van der Waals surface area (Å²) < 4.78 is 29.4. The molecular formula is C15H17N5O2S2. The molecule has 126 valence electrons. The highest BCUT2D eigenvalue weighted by Crippen LogP contribution is 2.30. The van der Waals surface area contributed by atoms with E-state index in [4.69, 9.17) is 0 Å². The van der Waals surface area contributed by atoms with Gasteiger partial charge in [-0.05, 0) is 32.0 Å². The summed E-state index contributed by atoms with van der Waals surface area (Å²) in [6.07, 6.45) is 3.55. The van der Waals surface area contributed by atoms with E-state index in [-0.39, 0.29) is 10.8 Å². The lowest BCUT2D eigenvalue weighted by atomic mass is 10.3. The van der Waals surface area contributed by atoms with Crippen LogP contribution in [0.3, 0.4) is 0 Å². The van der Waals surface area contributed by atoms with E-state index in [1.54, 1.807) is 23.0 Å². The smallest absolute Gasteiger partial charge is 0.250 e. The molecule has 0 aliphatic rings. The fourth-order valence-corrected chi connectivity index (χ4v) is 4.58. The van der Waals surface area contributed by atoms with Gasteiger partial charge in [0, 0.05) is 35.1 Å². The first-order valence-corrected chi connectivity index (χ1v) is 9.53. The van der Waals surface area contributed by atoms with Crippen LogP contribution in [0.15, 0.2) is 34.8 Å². The van der Waals surface area contributed by atoms with Crippen LogP contribution in [0.2, 0.25) is 0 Å². The highest BCUT2D eigenvalue weighted by Gasteiger charge is 2.18. The van der Waals surface area contributed by atoms with Gasteiger partial charge >= 0.3 is 0 Å². The van der Waals surface area contributed by atoms with E-state index in [0.717, 1.165) is 21.8 Å². The van der Waals surface area contributed by atoms with E-state index in [2.05, 4.69) is 19.8 Å². The fourth-order valence-electron chi connectivity index (χ4n) is 2.28. The van der Waals surface area contributed by atoms with E-state index in [1.807, 2.05) is 33.2 Å².